The number of aromatic nitrogens is 1. The third kappa shape index (κ3) is 6.10. The van der Waals surface area contributed by atoms with Crippen LogP contribution in [-0.2, 0) is 11.8 Å². The second kappa shape index (κ2) is 10.1. The summed E-state index contributed by atoms with van der Waals surface area (Å²) >= 11 is 1.70. The second-order valence-electron chi connectivity index (χ2n) is 6.42. The van der Waals surface area contributed by atoms with Gasteiger partial charge in [-0.1, -0.05) is 33.9 Å². The molecule has 1 heterocycles. The van der Waals surface area contributed by atoms with Crippen LogP contribution in [0.15, 0.2) is 60.4 Å². The molecule has 2 aromatic rings. The molecule has 2 rings (SSSR count). The van der Waals surface area contributed by atoms with Gasteiger partial charge in [-0.3, -0.25) is 4.98 Å². The molecular formula is C21H27F2N3S. The molecular weight excluding hydrogens is 364 g/mol. The van der Waals surface area contributed by atoms with Crippen LogP contribution in [0.1, 0.15) is 37.6 Å². The average Bonchev–Trinajstić information content (AvgIpc) is 2.56. The number of halogens is 2. The lowest BCUT2D eigenvalue weighted by Crippen LogP contribution is -2.27. The van der Waals surface area contributed by atoms with Crippen LogP contribution in [0, 0.1) is 11.6 Å². The minimum absolute atomic E-state index is 0.0543. The van der Waals surface area contributed by atoms with Gasteiger partial charge in [-0.15, -0.1) is 11.8 Å². The summed E-state index contributed by atoms with van der Waals surface area (Å²) in [6.45, 7) is 12.2. The number of nitrogens with two attached hydrogens (primary N) is 2. The van der Waals surface area contributed by atoms with Crippen molar-refractivity contribution in [3.63, 3.8) is 0 Å². The van der Waals surface area contributed by atoms with Gasteiger partial charge in [0.15, 0.2) is 0 Å². The van der Waals surface area contributed by atoms with E-state index in [4.69, 9.17) is 5.73 Å². The highest BCUT2D eigenvalue weighted by atomic mass is 32.2. The number of hydrogen-bond acceptors (Lipinski definition) is 4. The largest absolute Gasteiger partial charge is 0.405 e. The first-order valence-corrected chi connectivity index (χ1v) is 9.49. The van der Waals surface area contributed by atoms with Crippen molar-refractivity contribution < 1.29 is 8.78 Å². The minimum atomic E-state index is -0.968. The topological polar surface area (TPSA) is 64.9 Å². The molecule has 27 heavy (non-hydrogen) atoms. The summed E-state index contributed by atoms with van der Waals surface area (Å²) in [4.78, 5) is 5.43. The molecule has 0 radical (unpaired) electrons. The molecule has 6 heteroatoms. The van der Waals surface area contributed by atoms with E-state index in [9.17, 15) is 8.78 Å². The van der Waals surface area contributed by atoms with Gasteiger partial charge in [-0.05, 0) is 41.8 Å². The summed E-state index contributed by atoms with van der Waals surface area (Å²) in [7, 11) is 0. The molecule has 0 amide bonds. The first-order chi connectivity index (χ1) is 12.7. The fourth-order valence-corrected chi connectivity index (χ4v) is 3.09. The molecule has 0 saturated carbocycles. The molecule has 0 unspecified atom stereocenters. The number of hydrogen-bond donors (Lipinski definition) is 2. The highest BCUT2D eigenvalue weighted by Gasteiger charge is 2.30. The van der Waals surface area contributed by atoms with Crippen LogP contribution in [-0.4, -0.2) is 10.7 Å². The fourth-order valence-electron chi connectivity index (χ4n) is 2.46. The molecule has 0 bridgehead atoms. The average molecular weight is 392 g/mol. The Balaban J connectivity index is 0.00000114. The molecule has 0 atom stereocenters. The first kappa shape index (κ1) is 22.7. The predicted octanol–water partition coefficient (Wildman–Crippen LogP) is 4.90. The van der Waals surface area contributed by atoms with E-state index in [0.29, 0.717) is 12.0 Å². The fraction of sp³-hybridized carbons (Fsp3) is 0.286. The Kier molecular flexibility index (Phi) is 8.50. The second-order valence-corrected chi connectivity index (χ2v) is 7.75. The van der Waals surface area contributed by atoms with Gasteiger partial charge in [0.2, 0.25) is 0 Å². The zero-order valence-electron chi connectivity index (χ0n) is 16.1. The van der Waals surface area contributed by atoms with Crippen molar-refractivity contribution in [2.75, 3.05) is 5.75 Å². The molecule has 146 valence electrons. The van der Waals surface area contributed by atoms with Crippen molar-refractivity contribution in [2.24, 2.45) is 11.5 Å². The summed E-state index contributed by atoms with van der Waals surface area (Å²) in [5.74, 6) is -0.249. The Morgan fingerprint density at radius 1 is 1.26 bits per heavy atom. The monoisotopic (exact) mass is 391 g/mol. The third-order valence-electron chi connectivity index (χ3n) is 4.02. The van der Waals surface area contributed by atoms with Gasteiger partial charge < -0.3 is 11.5 Å². The minimum Gasteiger partial charge on any atom is -0.405 e. The zero-order valence-corrected chi connectivity index (χ0v) is 16.9. The number of allylic oxidation sites excluding steroid dienone is 1. The summed E-state index contributed by atoms with van der Waals surface area (Å²) in [6.07, 6.45) is 3.40. The number of thioether (sulfide) groups is 1. The SMILES string of the molecule is C=C(N)C(C)(C)c1c(F)cc(Cc2ccc(SCC)cn2)cc1F.C=CN. The number of nitrogens with zero attached hydrogens (tertiary/aromatic N) is 1. The number of benzene rings is 1. The van der Waals surface area contributed by atoms with E-state index in [0.717, 1.165) is 16.3 Å². The molecule has 0 aliphatic heterocycles. The summed E-state index contributed by atoms with van der Waals surface area (Å²) in [5, 5.41) is 0. The highest BCUT2D eigenvalue weighted by Crippen LogP contribution is 2.33. The maximum absolute atomic E-state index is 14.5. The summed E-state index contributed by atoms with van der Waals surface area (Å²) in [6, 6.07) is 6.55. The molecule has 0 fully saturated rings. The smallest absolute Gasteiger partial charge is 0.130 e. The van der Waals surface area contributed by atoms with Gasteiger partial charge in [-0.25, -0.2) is 8.78 Å². The van der Waals surface area contributed by atoms with E-state index in [1.807, 2.05) is 12.1 Å². The van der Waals surface area contributed by atoms with Crippen LogP contribution < -0.4 is 11.5 Å². The number of rotatable bonds is 6. The Morgan fingerprint density at radius 3 is 2.22 bits per heavy atom. The normalized spacial score (nSPS) is 10.7. The van der Waals surface area contributed by atoms with E-state index in [1.54, 1.807) is 31.8 Å². The summed E-state index contributed by atoms with van der Waals surface area (Å²) < 4.78 is 28.9. The summed E-state index contributed by atoms with van der Waals surface area (Å²) in [5.41, 5.74) is 10.8. The maximum Gasteiger partial charge on any atom is 0.130 e. The first-order valence-electron chi connectivity index (χ1n) is 8.50. The molecule has 0 aliphatic rings. The molecule has 0 spiro atoms. The van der Waals surface area contributed by atoms with Crippen LogP contribution >= 0.6 is 11.8 Å². The van der Waals surface area contributed by atoms with Crippen LogP contribution in [0.2, 0.25) is 0 Å². The van der Waals surface area contributed by atoms with Gasteiger partial charge in [-0.2, -0.15) is 0 Å². The van der Waals surface area contributed by atoms with E-state index >= 15 is 0 Å². The van der Waals surface area contributed by atoms with Crippen molar-refractivity contribution in [1.82, 2.24) is 4.98 Å². The van der Waals surface area contributed by atoms with Crippen molar-refractivity contribution in [2.45, 2.75) is 37.5 Å². The van der Waals surface area contributed by atoms with Crippen LogP contribution in [0.3, 0.4) is 0 Å². The van der Waals surface area contributed by atoms with Crippen molar-refractivity contribution >= 4 is 11.8 Å². The van der Waals surface area contributed by atoms with E-state index in [1.165, 1.54) is 18.3 Å². The third-order valence-corrected chi connectivity index (χ3v) is 4.89. The van der Waals surface area contributed by atoms with Crippen molar-refractivity contribution in [1.29, 1.82) is 0 Å². The Bertz CT molecular complexity index is 764. The lowest BCUT2D eigenvalue weighted by atomic mass is 9.81. The standard InChI is InChI=1S/C19H22F2N2S.C2H5N/c1-5-24-15-7-6-14(23-11-15)8-13-9-16(20)18(17(21)10-13)19(3,4)12(2)22;1-2-3/h6-7,9-11H,2,5,8,22H2,1,3-4H3;2H,1,3H2. The molecule has 1 aromatic carbocycles. The molecule has 0 aliphatic carbocycles. The Hall–Kier alpha value is -2.34. The molecule has 3 nitrogen and oxygen atoms in total. The van der Waals surface area contributed by atoms with Crippen molar-refractivity contribution in [3.05, 3.63) is 84.0 Å². The van der Waals surface area contributed by atoms with Gasteiger partial charge in [0.05, 0.1) is 0 Å². The molecule has 0 saturated heterocycles. The predicted molar refractivity (Wildman–Crippen MR) is 111 cm³/mol. The molecule has 4 N–H and O–H groups in total. The van der Waals surface area contributed by atoms with Gasteiger partial charge in [0, 0.05) is 39.9 Å². The molecule has 1 aromatic heterocycles. The van der Waals surface area contributed by atoms with E-state index in [-0.39, 0.29) is 11.3 Å². The van der Waals surface area contributed by atoms with Gasteiger partial charge in [0.25, 0.3) is 0 Å². The van der Waals surface area contributed by atoms with Gasteiger partial charge >= 0.3 is 0 Å². The number of pyridine rings is 1. The van der Waals surface area contributed by atoms with Crippen LogP contribution in [0.4, 0.5) is 8.78 Å². The lowest BCUT2D eigenvalue weighted by molar-refractivity contribution is 0.487. The van der Waals surface area contributed by atoms with Crippen LogP contribution in [0.25, 0.3) is 0 Å². The maximum atomic E-state index is 14.5. The lowest BCUT2D eigenvalue weighted by Gasteiger charge is -2.26. The quantitative estimate of drug-likeness (QED) is 0.687. The van der Waals surface area contributed by atoms with E-state index in [2.05, 4.69) is 30.8 Å². The Labute approximate surface area is 164 Å². The van der Waals surface area contributed by atoms with Crippen molar-refractivity contribution in [3.8, 4) is 0 Å². The van der Waals surface area contributed by atoms with Crippen LogP contribution in [0.5, 0.6) is 0 Å². The highest BCUT2D eigenvalue weighted by molar-refractivity contribution is 7.99. The van der Waals surface area contributed by atoms with E-state index < -0.39 is 17.0 Å². The zero-order chi connectivity index (χ0) is 20.6. The Morgan fingerprint density at radius 2 is 1.81 bits per heavy atom. The van der Waals surface area contributed by atoms with Gasteiger partial charge in [0.1, 0.15) is 11.6 Å².